The van der Waals surface area contributed by atoms with Gasteiger partial charge in [0, 0.05) is 63.6 Å². The maximum atomic E-state index is 13.8. The van der Waals surface area contributed by atoms with Gasteiger partial charge < -0.3 is 14.2 Å². The van der Waals surface area contributed by atoms with Crippen molar-refractivity contribution in [3.05, 3.63) is 52.8 Å². The molecule has 0 saturated carbocycles. The van der Waals surface area contributed by atoms with Crippen molar-refractivity contribution in [2.45, 2.75) is 49.7 Å². The Labute approximate surface area is 212 Å². The van der Waals surface area contributed by atoms with Crippen molar-refractivity contribution in [1.82, 2.24) is 18.7 Å². The second kappa shape index (κ2) is 10.2. The summed E-state index contributed by atoms with van der Waals surface area (Å²) < 4.78 is 36.7. The zero-order chi connectivity index (χ0) is 24.6. The Morgan fingerprint density at radius 3 is 2.49 bits per heavy atom. The quantitative estimate of drug-likeness (QED) is 0.606. The second-order valence-corrected chi connectivity index (χ2v) is 11.8. The van der Waals surface area contributed by atoms with E-state index in [-0.39, 0.29) is 22.2 Å². The normalized spacial score (nSPS) is 22.8. The molecule has 0 spiro atoms. The lowest BCUT2D eigenvalue weighted by molar-refractivity contribution is -0.134. The molecule has 0 bridgehead atoms. The van der Waals surface area contributed by atoms with E-state index in [1.165, 1.54) is 4.31 Å². The Kier molecular flexibility index (Phi) is 7.23. The van der Waals surface area contributed by atoms with Crippen LogP contribution in [0.4, 0.5) is 0 Å². The maximum Gasteiger partial charge on any atom is 0.245 e. The monoisotopic (exact) mass is 520 g/mol. The first kappa shape index (κ1) is 24.8. The van der Waals surface area contributed by atoms with E-state index >= 15 is 0 Å². The van der Waals surface area contributed by atoms with Gasteiger partial charge in [-0.2, -0.15) is 4.31 Å². The van der Waals surface area contributed by atoms with Crippen molar-refractivity contribution in [2.24, 2.45) is 0 Å². The number of likely N-dealkylation sites (tertiary alicyclic amines) is 1. The molecule has 3 aliphatic rings. The lowest BCUT2D eigenvalue weighted by atomic mass is 10.0. The number of carbonyl (C=O) groups is 1. The largest absolute Gasteiger partial charge is 0.379 e. The number of sulfonamides is 1. The number of rotatable bonds is 5. The molecule has 5 rings (SSSR count). The second-order valence-electron chi connectivity index (χ2n) is 9.61. The molecule has 2 saturated heterocycles. The average Bonchev–Trinajstić information content (AvgIpc) is 3.34. The number of nitrogens with zero attached hydrogens (tertiary/aromatic N) is 4. The van der Waals surface area contributed by atoms with Crippen LogP contribution in [0.1, 0.15) is 36.6 Å². The van der Waals surface area contributed by atoms with Gasteiger partial charge in [0.15, 0.2) is 0 Å². The molecule has 2 fully saturated rings. The summed E-state index contributed by atoms with van der Waals surface area (Å²) in [5.41, 5.74) is 1.45. The van der Waals surface area contributed by atoms with Crippen LogP contribution < -0.4 is 0 Å². The SMILES string of the molecule is Cc1cccc(Cl)c1S(=O)(=O)N1CCn2cccc2C1CC(=O)N1CCC(N2CCOCC2)CC1. The number of amides is 1. The number of piperidine rings is 1. The first-order valence-corrected chi connectivity index (χ1v) is 14.2. The molecular weight excluding hydrogens is 488 g/mol. The van der Waals surface area contributed by atoms with Crippen molar-refractivity contribution in [1.29, 1.82) is 0 Å². The van der Waals surface area contributed by atoms with Gasteiger partial charge in [0.2, 0.25) is 15.9 Å². The summed E-state index contributed by atoms with van der Waals surface area (Å²) in [5, 5.41) is 0.209. The van der Waals surface area contributed by atoms with E-state index in [2.05, 4.69) is 4.90 Å². The summed E-state index contributed by atoms with van der Waals surface area (Å²) >= 11 is 6.37. The summed E-state index contributed by atoms with van der Waals surface area (Å²) in [7, 11) is -3.89. The van der Waals surface area contributed by atoms with E-state index in [4.69, 9.17) is 16.3 Å². The van der Waals surface area contributed by atoms with Crippen molar-refractivity contribution in [3.8, 4) is 0 Å². The molecule has 190 valence electrons. The van der Waals surface area contributed by atoms with Crippen LogP contribution in [0.2, 0.25) is 5.02 Å². The van der Waals surface area contributed by atoms with Crippen LogP contribution in [-0.2, 0) is 26.1 Å². The molecule has 0 aliphatic carbocycles. The minimum atomic E-state index is -3.89. The molecule has 1 atom stereocenters. The van der Waals surface area contributed by atoms with Crippen molar-refractivity contribution < 1.29 is 17.9 Å². The molecule has 1 aromatic carbocycles. The Morgan fingerprint density at radius 2 is 1.77 bits per heavy atom. The standard InChI is InChI=1S/C25H33ClN4O4S/c1-19-4-2-5-21(26)25(19)35(32,33)30-13-12-28-9-3-6-22(28)23(30)18-24(31)29-10-7-20(8-11-29)27-14-16-34-17-15-27/h2-6,9,20,23H,7-8,10-18H2,1H3. The molecule has 1 unspecified atom stereocenters. The minimum absolute atomic E-state index is 0.00107. The Hall–Kier alpha value is -1.91. The van der Waals surface area contributed by atoms with Crippen LogP contribution in [-0.4, -0.2) is 85.0 Å². The van der Waals surface area contributed by atoms with Gasteiger partial charge in [-0.25, -0.2) is 8.42 Å². The number of morpholine rings is 1. The molecule has 0 N–H and O–H groups in total. The van der Waals surface area contributed by atoms with Gasteiger partial charge in [-0.05, 0) is 43.5 Å². The predicted molar refractivity (Wildman–Crippen MR) is 134 cm³/mol. The van der Waals surface area contributed by atoms with E-state index in [1.807, 2.05) is 27.8 Å². The van der Waals surface area contributed by atoms with Crippen molar-refractivity contribution in [3.63, 3.8) is 0 Å². The fraction of sp³-hybridized carbons (Fsp3) is 0.560. The van der Waals surface area contributed by atoms with E-state index < -0.39 is 16.1 Å². The summed E-state index contributed by atoms with van der Waals surface area (Å²) in [4.78, 5) is 18.0. The number of fused-ring (bicyclic) bond motifs is 1. The highest BCUT2D eigenvalue weighted by Crippen LogP contribution is 2.37. The molecule has 0 radical (unpaired) electrons. The van der Waals surface area contributed by atoms with E-state index in [1.54, 1.807) is 25.1 Å². The first-order chi connectivity index (χ1) is 16.9. The highest BCUT2D eigenvalue weighted by atomic mass is 35.5. The van der Waals surface area contributed by atoms with Crippen LogP contribution >= 0.6 is 11.6 Å². The van der Waals surface area contributed by atoms with Gasteiger partial charge in [-0.3, -0.25) is 9.69 Å². The van der Waals surface area contributed by atoms with Gasteiger partial charge in [-0.1, -0.05) is 23.7 Å². The van der Waals surface area contributed by atoms with E-state index in [9.17, 15) is 13.2 Å². The topological polar surface area (TPSA) is 75.1 Å². The molecule has 1 amide bonds. The molecule has 10 heteroatoms. The van der Waals surface area contributed by atoms with Crippen molar-refractivity contribution >= 4 is 27.5 Å². The predicted octanol–water partition coefficient (Wildman–Crippen LogP) is 2.91. The molecule has 1 aromatic heterocycles. The Balaban J connectivity index is 1.34. The summed E-state index contributed by atoms with van der Waals surface area (Å²) in [5.74, 6) is 0.00107. The van der Waals surface area contributed by atoms with Crippen LogP contribution in [0.5, 0.6) is 0 Å². The van der Waals surface area contributed by atoms with E-state index in [0.717, 1.165) is 44.8 Å². The van der Waals surface area contributed by atoms with Gasteiger partial charge in [0.25, 0.3) is 0 Å². The fourth-order valence-electron chi connectivity index (χ4n) is 5.72. The number of halogens is 1. The minimum Gasteiger partial charge on any atom is -0.379 e. The van der Waals surface area contributed by atoms with E-state index in [0.29, 0.717) is 37.8 Å². The third-order valence-electron chi connectivity index (χ3n) is 7.59. The number of aryl methyl sites for hydroxylation is 1. The Bertz CT molecular complexity index is 1150. The lowest BCUT2D eigenvalue weighted by Crippen LogP contribution is -2.51. The lowest BCUT2D eigenvalue weighted by Gasteiger charge is -2.41. The highest BCUT2D eigenvalue weighted by molar-refractivity contribution is 7.89. The summed E-state index contributed by atoms with van der Waals surface area (Å²) in [6, 6.07) is 8.86. The van der Waals surface area contributed by atoms with Crippen LogP contribution in [0.15, 0.2) is 41.4 Å². The number of ether oxygens (including phenoxy) is 1. The van der Waals surface area contributed by atoms with Gasteiger partial charge in [-0.15, -0.1) is 0 Å². The fourth-order valence-corrected chi connectivity index (χ4v) is 8.09. The summed E-state index contributed by atoms with van der Waals surface area (Å²) in [6.45, 7) is 7.44. The van der Waals surface area contributed by atoms with Gasteiger partial charge in [0.1, 0.15) is 4.90 Å². The van der Waals surface area contributed by atoms with Gasteiger partial charge in [0.05, 0.1) is 24.3 Å². The highest BCUT2D eigenvalue weighted by Gasteiger charge is 2.40. The smallest absolute Gasteiger partial charge is 0.245 e. The molecule has 4 heterocycles. The molecule has 3 aliphatic heterocycles. The summed E-state index contributed by atoms with van der Waals surface area (Å²) in [6.07, 6.45) is 3.95. The third kappa shape index (κ3) is 4.89. The first-order valence-electron chi connectivity index (χ1n) is 12.4. The van der Waals surface area contributed by atoms with Gasteiger partial charge >= 0.3 is 0 Å². The zero-order valence-electron chi connectivity index (χ0n) is 20.1. The number of aromatic nitrogens is 1. The molecule has 2 aromatic rings. The average molecular weight is 521 g/mol. The third-order valence-corrected chi connectivity index (χ3v) is 10.1. The van der Waals surface area contributed by atoms with Crippen molar-refractivity contribution in [2.75, 3.05) is 45.9 Å². The van der Waals surface area contributed by atoms with Crippen LogP contribution in [0, 0.1) is 6.92 Å². The van der Waals surface area contributed by atoms with Crippen LogP contribution in [0.25, 0.3) is 0 Å². The number of benzene rings is 1. The van der Waals surface area contributed by atoms with Crippen LogP contribution in [0.3, 0.4) is 0 Å². The number of hydrogen-bond acceptors (Lipinski definition) is 5. The maximum absolute atomic E-state index is 13.8. The number of carbonyl (C=O) groups excluding carboxylic acids is 1. The zero-order valence-corrected chi connectivity index (χ0v) is 21.7. The molecule has 35 heavy (non-hydrogen) atoms. The number of hydrogen-bond donors (Lipinski definition) is 0. The molecule has 8 nitrogen and oxygen atoms in total. The molecular formula is C25H33ClN4O4S. The Morgan fingerprint density at radius 1 is 1.03 bits per heavy atom.